The van der Waals surface area contributed by atoms with Crippen molar-refractivity contribution in [3.05, 3.63) is 23.8 Å². The van der Waals surface area contributed by atoms with Crippen molar-refractivity contribution in [2.45, 2.75) is 37.5 Å². The molecule has 0 saturated heterocycles. The largest absolute Gasteiger partial charge is 0.398 e. The van der Waals surface area contributed by atoms with Crippen LogP contribution in [0, 0.1) is 6.92 Å². The van der Waals surface area contributed by atoms with Gasteiger partial charge in [-0.2, -0.15) is 11.8 Å². The van der Waals surface area contributed by atoms with Gasteiger partial charge in [0.15, 0.2) is 0 Å². The van der Waals surface area contributed by atoms with E-state index in [1.54, 1.807) is 0 Å². The number of nitrogens with one attached hydrogen (secondary N) is 1. The standard InChI is InChI=1S/C13H20N2S/c1-9-3-4-11(8-13(9)14)15-10-5-6-12(7-10)16-2/h3-4,8,10,12,15H,5-7,14H2,1-2H3. The van der Waals surface area contributed by atoms with Crippen molar-refractivity contribution in [3.63, 3.8) is 0 Å². The van der Waals surface area contributed by atoms with Crippen LogP contribution in [-0.2, 0) is 0 Å². The number of thioether (sulfide) groups is 1. The fourth-order valence-corrected chi connectivity index (χ4v) is 3.05. The summed E-state index contributed by atoms with van der Waals surface area (Å²) in [6.07, 6.45) is 6.09. The molecule has 1 aromatic carbocycles. The van der Waals surface area contributed by atoms with Crippen LogP contribution in [0.5, 0.6) is 0 Å². The summed E-state index contributed by atoms with van der Waals surface area (Å²) in [5.74, 6) is 0. The molecule has 3 heteroatoms. The lowest BCUT2D eigenvalue weighted by molar-refractivity contribution is 0.757. The number of anilines is 2. The van der Waals surface area contributed by atoms with E-state index in [9.17, 15) is 0 Å². The first-order chi connectivity index (χ1) is 7.69. The van der Waals surface area contributed by atoms with Gasteiger partial charge in [-0.3, -0.25) is 0 Å². The summed E-state index contributed by atoms with van der Waals surface area (Å²) in [5.41, 5.74) is 9.10. The van der Waals surface area contributed by atoms with Crippen LogP contribution in [-0.4, -0.2) is 17.5 Å². The molecular formula is C13H20N2S. The Balaban J connectivity index is 1.97. The van der Waals surface area contributed by atoms with Gasteiger partial charge in [0.25, 0.3) is 0 Å². The van der Waals surface area contributed by atoms with Crippen LogP contribution in [0.4, 0.5) is 11.4 Å². The SMILES string of the molecule is CSC1CCC(Nc2ccc(C)c(N)c2)C1. The molecule has 2 nitrogen and oxygen atoms in total. The maximum atomic E-state index is 5.90. The predicted molar refractivity (Wildman–Crippen MR) is 74.2 cm³/mol. The Hall–Kier alpha value is -0.830. The Labute approximate surface area is 102 Å². The van der Waals surface area contributed by atoms with Crippen molar-refractivity contribution in [1.82, 2.24) is 0 Å². The van der Waals surface area contributed by atoms with Gasteiger partial charge < -0.3 is 11.1 Å². The third-order valence-corrected chi connectivity index (χ3v) is 4.46. The van der Waals surface area contributed by atoms with Crippen LogP contribution in [0.1, 0.15) is 24.8 Å². The minimum Gasteiger partial charge on any atom is -0.398 e. The average molecular weight is 236 g/mol. The van der Waals surface area contributed by atoms with E-state index in [1.165, 1.54) is 19.3 Å². The normalized spacial score (nSPS) is 24.6. The molecule has 1 aromatic rings. The van der Waals surface area contributed by atoms with E-state index in [-0.39, 0.29) is 0 Å². The fraction of sp³-hybridized carbons (Fsp3) is 0.538. The molecule has 0 spiro atoms. The Morgan fingerprint density at radius 1 is 1.38 bits per heavy atom. The van der Waals surface area contributed by atoms with Crippen molar-refractivity contribution in [2.75, 3.05) is 17.3 Å². The molecule has 2 unspecified atom stereocenters. The molecule has 1 aliphatic carbocycles. The summed E-state index contributed by atoms with van der Waals surface area (Å²) in [4.78, 5) is 0. The predicted octanol–water partition coefficient (Wildman–Crippen LogP) is 3.27. The highest BCUT2D eigenvalue weighted by molar-refractivity contribution is 7.99. The van der Waals surface area contributed by atoms with E-state index in [1.807, 2.05) is 24.8 Å². The van der Waals surface area contributed by atoms with Crippen molar-refractivity contribution in [2.24, 2.45) is 0 Å². The van der Waals surface area contributed by atoms with Gasteiger partial charge in [-0.05, 0) is 50.1 Å². The highest BCUT2D eigenvalue weighted by Gasteiger charge is 2.23. The Morgan fingerprint density at radius 2 is 2.19 bits per heavy atom. The molecule has 0 aliphatic heterocycles. The average Bonchev–Trinajstić information content (AvgIpc) is 2.71. The molecule has 0 heterocycles. The molecule has 2 atom stereocenters. The first kappa shape index (κ1) is 11.6. The van der Waals surface area contributed by atoms with Gasteiger partial charge in [-0.1, -0.05) is 6.07 Å². The molecule has 0 bridgehead atoms. The summed E-state index contributed by atoms with van der Waals surface area (Å²) in [6.45, 7) is 2.04. The van der Waals surface area contributed by atoms with E-state index >= 15 is 0 Å². The molecular weight excluding hydrogens is 216 g/mol. The minimum absolute atomic E-state index is 0.625. The minimum atomic E-state index is 0.625. The third kappa shape index (κ3) is 2.64. The molecule has 0 aromatic heterocycles. The molecule has 1 saturated carbocycles. The molecule has 0 amide bonds. The number of benzene rings is 1. The second kappa shape index (κ2) is 5.00. The van der Waals surface area contributed by atoms with Crippen molar-refractivity contribution in [3.8, 4) is 0 Å². The lowest BCUT2D eigenvalue weighted by Gasteiger charge is -2.15. The molecule has 1 fully saturated rings. The second-order valence-corrected chi connectivity index (χ2v) is 5.72. The van der Waals surface area contributed by atoms with Crippen LogP contribution in [0.25, 0.3) is 0 Å². The summed E-state index contributed by atoms with van der Waals surface area (Å²) in [7, 11) is 0. The molecule has 3 N–H and O–H groups in total. The molecule has 16 heavy (non-hydrogen) atoms. The molecule has 88 valence electrons. The Kier molecular flexibility index (Phi) is 3.64. The number of hydrogen-bond acceptors (Lipinski definition) is 3. The zero-order valence-electron chi connectivity index (χ0n) is 9.99. The maximum Gasteiger partial charge on any atom is 0.0364 e. The van der Waals surface area contributed by atoms with E-state index < -0.39 is 0 Å². The highest BCUT2D eigenvalue weighted by atomic mass is 32.2. The van der Waals surface area contributed by atoms with Crippen LogP contribution in [0.3, 0.4) is 0 Å². The number of rotatable bonds is 3. The Morgan fingerprint density at radius 3 is 2.81 bits per heavy atom. The Bertz CT molecular complexity index is 365. The van der Waals surface area contributed by atoms with Gasteiger partial charge >= 0.3 is 0 Å². The number of nitrogens with two attached hydrogens (primary N) is 1. The van der Waals surface area contributed by atoms with Crippen LogP contribution >= 0.6 is 11.8 Å². The van der Waals surface area contributed by atoms with Crippen LogP contribution in [0.15, 0.2) is 18.2 Å². The van der Waals surface area contributed by atoms with E-state index in [4.69, 9.17) is 5.73 Å². The second-order valence-electron chi connectivity index (χ2n) is 4.58. The topological polar surface area (TPSA) is 38.0 Å². The molecule has 2 rings (SSSR count). The van der Waals surface area contributed by atoms with E-state index in [0.29, 0.717) is 6.04 Å². The third-order valence-electron chi connectivity index (χ3n) is 3.37. The van der Waals surface area contributed by atoms with Gasteiger partial charge in [0.05, 0.1) is 0 Å². The number of nitrogen functional groups attached to an aromatic ring is 1. The maximum absolute atomic E-state index is 5.90. The quantitative estimate of drug-likeness (QED) is 0.791. The monoisotopic (exact) mass is 236 g/mol. The van der Waals surface area contributed by atoms with E-state index in [0.717, 1.165) is 22.2 Å². The summed E-state index contributed by atoms with van der Waals surface area (Å²) >= 11 is 1.99. The van der Waals surface area contributed by atoms with E-state index in [2.05, 4.69) is 23.7 Å². The lowest BCUT2D eigenvalue weighted by atomic mass is 10.1. The molecule has 1 aliphatic rings. The smallest absolute Gasteiger partial charge is 0.0364 e. The molecule has 0 radical (unpaired) electrons. The first-order valence-corrected chi connectivity index (χ1v) is 7.13. The zero-order valence-corrected chi connectivity index (χ0v) is 10.8. The summed E-state index contributed by atoms with van der Waals surface area (Å²) < 4.78 is 0. The van der Waals surface area contributed by atoms with Crippen molar-refractivity contribution < 1.29 is 0 Å². The first-order valence-electron chi connectivity index (χ1n) is 5.84. The lowest BCUT2D eigenvalue weighted by Crippen LogP contribution is -2.16. The van der Waals surface area contributed by atoms with Crippen LogP contribution < -0.4 is 11.1 Å². The van der Waals surface area contributed by atoms with Gasteiger partial charge in [0.2, 0.25) is 0 Å². The van der Waals surface area contributed by atoms with Crippen molar-refractivity contribution in [1.29, 1.82) is 0 Å². The fourth-order valence-electron chi connectivity index (χ4n) is 2.25. The highest BCUT2D eigenvalue weighted by Crippen LogP contribution is 2.30. The zero-order chi connectivity index (χ0) is 11.5. The number of aryl methyl sites for hydroxylation is 1. The van der Waals surface area contributed by atoms with Gasteiger partial charge in [0, 0.05) is 22.7 Å². The van der Waals surface area contributed by atoms with Gasteiger partial charge in [-0.25, -0.2) is 0 Å². The van der Waals surface area contributed by atoms with Crippen LogP contribution in [0.2, 0.25) is 0 Å². The summed E-state index contributed by atoms with van der Waals surface area (Å²) in [5, 5.41) is 4.41. The van der Waals surface area contributed by atoms with Crippen molar-refractivity contribution >= 4 is 23.1 Å². The van der Waals surface area contributed by atoms with Gasteiger partial charge in [-0.15, -0.1) is 0 Å². The summed E-state index contributed by atoms with van der Waals surface area (Å²) in [6, 6.07) is 6.87. The van der Waals surface area contributed by atoms with Gasteiger partial charge in [0.1, 0.15) is 0 Å². The number of hydrogen-bond donors (Lipinski definition) is 2.